The Bertz CT molecular complexity index is 209. The van der Waals surface area contributed by atoms with Gasteiger partial charge in [-0.2, -0.15) is 0 Å². The minimum Gasteiger partial charge on any atom is -0.396 e. The first kappa shape index (κ1) is 12.5. The van der Waals surface area contributed by atoms with Gasteiger partial charge in [0.15, 0.2) is 0 Å². The number of aliphatic hydroxyl groups excluding tert-OH is 1. The summed E-state index contributed by atoms with van der Waals surface area (Å²) in [7, 11) is 0. The number of nitrogens with two attached hydrogens (primary N) is 1. The first-order valence-electron chi connectivity index (χ1n) is 5.85. The molecule has 0 spiro atoms. The summed E-state index contributed by atoms with van der Waals surface area (Å²) in [5, 5.41) is 12.1. The maximum absolute atomic E-state index is 11.6. The van der Waals surface area contributed by atoms with E-state index < -0.39 is 6.04 Å². The summed E-state index contributed by atoms with van der Waals surface area (Å²) in [6.07, 6.45) is 4.90. The zero-order valence-electron chi connectivity index (χ0n) is 9.41. The van der Waals surface area contributed by atoms with Gasteiger partial charge in [-0.25, -0.2) is 0 Å². The Morgan fingerprint density at radius 3 is 2.80 bits per heavy atom. The van der Waals surface area contributed by atoms with E-state index in [2.05, 4.69) is 5.32 Å². The van der Waals surface area contributed by atoms with Gasteiger partial charge in [0, 0.05) is 18.6 Å². The molecule has 0 bridgehead atoms. The normalized spacial score (nSPS) is 28.5. The van der Waals surface area contributed by atoms with Crippen LogP contribution in [0, 0.1) is 5.92 Å². The number of hydrogen-bond acceptors (Lipinski definition) is 3. The standard InChI is InChI=1S/C11H22N2O2/c1-2-9(12)11(15)13-10-6-4-3-5-8(10)7-14/h8-10,14H,2-7,12H2,1H3,(H,13,15)/t8?,9-,10?/m0/s1. The molecule has 1 aliphatic carbocycles. The van der Waals surface area contributed by atoms with Crippen molar-refractivity contribution in [2.75, 3.05) is 6.61 Å². The van der Waals surface area contributed by atoms with Crippen LogP contribution in [0.4, 0.5) is 0 Å². The van der Waals surface area contributed by atoms with Gasteiger partial charge in [0.2, 0.25) is 5.91 Å². The molecule has 1 rings (SSSR count). The first-order chi connectivity index (χ1) is 7.19. The van der Waals surface area contributed by atoms with Crippen LogP contribution in [0.25, 0.3) is 0 Å². The molecule has 0 heterocycles. The third-order valence-corrected chi connectivity index (χ3v) is 3.25. The van der Waals surface area contributed by atoms with Crippen molar-refractivity contribution >= 4 is 5.91 Å². The zero-order valence-corrected chi connectivity index (χ0v) is 9.41. The van der Waals surface area contributed by atoms with E-state index in [0.717, 1.165) is 25.7 Å². The number of carbonyl (C=O) groups excluding carboxylic acids is 1. The molecule has 4 nitrogen and oxygen atoms in total. The second-order valence-electron chi connectivity index (χ2n) is 4.36. The fourth-order valence-corrected chi connectivity index (χ4v) is 2.09. The van der Waals surface area contributed by atoms with Crippen LogP contribution in [0.15, 0.2) is 0 Å². The summed E-state index contributed by atoms with van der Waals surface area (Å²) in [6, 6.07) is -0.292. The van der Waals surface area contributed by atoms with E-state index >= 15 is 0 Å². The second kappa shape index (κ2) is 6.08. The molecule has 0 radical (unpaired) electrons. The number of nitrogens with one attached hydrogen (secondary N) is 1. The highest BCUT2D eigenvalue weighted by molar-refractivity contribution is 5.81. The monoisotopic (exact) mass is 214 g/mol. The van der Waals surface area contributed by atoms with Crippen LogP contribution in [-0.4, -0.2) is 29.7 Å². The predicted octanol–water partition coefficient (Wildman–Crippen LogP) is 0.391. The highest BCUT2D eigenvalue weighted by Gasteiger charge is 2.26. The lowest BCUT2D eigenvalue weighted by atomic mass is 9.85. The number of amides is 1. The molecule has 1 aliphatic rings. The van der Waals surface area contributed by atoms with E-state index in [4.69, 9.17) is 5.73 Å². The molecule has 0 aromatic rings. The van der Waals surface area contributed by atoms with Gasteiger partial charge in [0.25, 0.3) is 0 Å². The molecule has 4 heteroatoms. The van der Waals surface area contributed by atoms with Crippen molar-refractivity contribution in [1.29, 1.82) is 0 Å². The SMILES string of the molecule is CC[C@H](N)C(=O)NC1CCCCC1CO. The Morgan fingerprint density at radius 1 is 1.53 bits per heavy atom. The van der Waals surface area contributed by atoms with E-state index in [9.17, 15) is 9.90 Å². The Labute approximate surface area is 91.2 Å². The fourth-order valence-electron chi connectivity index (χ4n) is 2.09. The molecule has 0 saturated heterocycles. The van der Waals surface area contributed by atoms with Crippen molar-refractivity contribution in [3.05, 3.63) is 0 Å². The molecular weight excluding hydrogens is 192 g/mol. The fraction of sp³-hybridized carbons (Fsp3) is 0.909. The highest BCUT2D eigenvalue weighted by Crippen LogP contribution is 2.23. The van der Waals surface area contributed by atoms with Gasteiger partial charge >= 0.3 is 0 Å². The molecule has 1 saturated carbocycles. The van der Waals surface area contributed by atoms with Crippen molar-refractivity contribution in [3.63, 3.8) is 0 Å². The van der Waals surface area contributed by atoms with Gasteiger partial charge in [-0.3, -0.25) is 4.79 Å². The van der Waals surface area contributed by atoms with Gasteiger partial charge < -0.3 is 16.2 Å². The average molecular weight is 214 g/mol. The van der Waals surface area contributed by atoms with Crippen molar-refractivity contribution in [3.8, 4) is 0 Å². The molecule has 2 unspecified atom stereocenters. The van der Waals surface area contributed by atoms with Crippen molar-refractivity contribution in [1.82, 2.24) is 5.32 Å². The molecule has 0 aromatic heterocycles. The van der Waals surface area contributed by atoms with Crippen LogP contribution in [-0.2, 0) is 4.79 Å². The van der Waals surface area contributed by atoms with E-state index in [0.29, 0.717) is 6.42 Å². The van der Waals surface area contributed by atoms with E-state index in [1.54, 1.807) is 0 Å². The summed E-state index contributed by atoms with van der Waals surface area (Å²) in [6.45, 7) is 2.06. The third-order valence-electron chi connectivity index (χ3n) is 3.25. The summed E-state index contributed by atoms with van der Waals surface area (Å²) >= 11 is 0. The van der Waals surface area contributed by atoms with E-state index in [1.807, 2.05) is 6.92 Å². The van der Waals surface area contributed by atoms with Crippen LogP contribution in [0.2, 0.25) is 0 Å². The topological polar surface area (TPSA) is 75.4 Å². The van der Waals surface area contributed by atoms with Crippen molar-refractivity contribution in [2.45, 2.75) is 51.1 Å². The van der Waals surface area contributed by atoms with Crippen LogP contribution in [0.1, 0.15) is 39.0 Å². The number of rotatable bonds is 4. The van der Waals surface area contributed by atoms with Gasteiger partial charge in [0.1, 0.15) is 0 Å². The van der Waals surface area contributed by atoms with Gasteiger partial charge in [0.05, 0.1) is 6.04 Å². The van der Waals surface area contributed by atoms with Crippen LogP contribution in [0.5, 0.6) is 0 Å². The van der Waals surface area contributed by atoms with Crippen LogP contribution in [0.3, 0.4) is 0 Å². The lowest BCUT2D eigenvalue weighted by Gasteiger charge is -2.31. The second-order valence-corrected chi connectivity index (χ2v) is 4.36. The molecule has 15 heavy (non-hydrogen) atoms. The summed E-state index contributed by atoms with van der Waals surface area (Å²) < 4.78 is 0. The van der Waals surface area contributed by atoms with Gasteiger partial charge in [-0.1, -0.05) is 19.8 Å². The summed E-state index contributed by atoms with van der Waals surface area (Å²) in [5.74, 6) is 0.134. The Hall–Kier alpha value is -0.610. The Kier molecular flexibility index (Phi) is 5.05. The highest BCUT2D eigenvalue weighted by atomic mass is 16.3. The number of aliphatic hydroxyl groups is 1. The maximum atomic E-state index is 11.6. The number of carbonyl (C=O) groups is 1. The minimum absolute atomic E-state index is 0.0807. The van der Waals surface area contributed by atoms with E-state index in [-0.39, 0.29) is 24.5 Å². The third kappa shape index (κ3) is 3.47. The van der Waals surface area contributed by atoms with Gasteiger partial charge in [-0.15, -0.1) is 0 Å². The maximum Gasteiger partial charge on any atom is 0.237 e. The number of hydrogen-bond donors (Lipinski definition) is 3. The molecule has 4 N–H and O–H groups in total. The quantitative estimate of drug-likeness (QED) is 0.633. The molecule has 88 valence electrons. The summed E-state index contributed by atoms with van der Waals surface area (Å²) in [4.78, 5) is 11.6. The smallest absolute Gasteiger partial charge is 0.237 e. The largest absolute Gasteiger partial charge is 0.396 e. The molecule has 1 fully saturated rings. The minimum atomic E-state index is -0.411. The molecule has 1 amide bonds. The molecule has 0 aliphatic heterocycles. The van der Waals surface area contributed by atoms with Crippen molar-refractivity contribution < 1.29 is 9.90 Å². The summed E-state index contributed by atoms with van der Waals surface area (Å²) in [5.41, 5.74) is 5.65. The van der Waals surface area contributed by atoms with Crippen molar-refractivity contribution in [2.24, 2.45) is 11.7 Å². The Morgan fingerprint density at radius 2 is 2.20 bits per heavy atom. The van der Waals surface area contributed by atoms with Gasteiger partial charge in [-0.05, 0) is 19.3 Å². The zero-order chi connectivity index (χ0) is 11.3. The molecular formula is C11H22N2O2. The lowest BCUT2D eigenvalue weighted by Crippen LogP contribution is -2.49. The lowest BCUT2D eigenvalue weighted by molar-refractivity contribution is -0.123. The predicted molar refractivity (Wildman–Crippen MR) is 59.2 cm³/mol. The van der Waals surface area contributed by atoms with Crippen LogP contribution >= 0.6 is 0 Å². The Balaban J connectivity index is 2.44. The molecule has 3 atom stereocenters. The molecule has 0 aromatic carbocycles. The first-order valence-corrected chi connectivity index (χ1v) is 5.85. The van der Waals surface area contributed by atoms with E-state index in [1.165, 1.54) is 0 Å². The van der Waals surface area contributed by atoms with Crippen LogP contribution < -0.4 is 11.1 Å². The average Bonchev–Trinajstić information content (AvgIpc) is 2.28.